The highest BCUT2D eigenvalue weighted by molar-refractivity contribution is 5.89. The van der Waals surface area contributed by atoms with E-state index in [-0.39, 0.29) is 22.8 Å². The third-order valence-corrected chi connectivity index (χ3v) is 10.9. The van der Waals surface area contributed by atoms with E-state index in [1.807, 2.05) is 0 Å². The van der Waals surface area contributed by atoms with Gasteiger partial charge in [-0.2, -0.15) is 0 Å². The quantitative estimate of drug-likeness (QED) is 0.0371. The second kappa shape index (κ2) is 19.9. The van der Waals surface area contributed by atoms with Crippen molar-refractivity contribution >= 4 is 23.0 Å². The monoisotopic (exact) mass is 934 g/mol. The number of aliphatic hydroxyl groups excluding tert-OH is 9. The lowest BCUT2D eigenvalue weighted by Gasteiger charge is -2.45. The number of esters is 1. The van der Waals surface area contributed by atoms with Gasteiger partial charge in [0.2, 0.25) is 23.8 Å². The number of benzene rings is 3. The smallest absolute Gasteiger partial charge is 0.331 e. The van der Waals surface area contributed by atoms with Crippen LogP contribution in [0.5, 0.6) is 40.2 Å². The standard InChI is InChI=1S/C42H46O24/c1-58-23-8-15(2-5-19(23)46)3-7-27(50)64-38-29(51)22(49)14-59-41(38)66-39-34(56)31(53)26(13-44)63-42(39)65-37-32(54)28-21(48)10-17(60-40-35(57)33(55)30(52)25(12-43)62-40)11-24(28)61-36(37)16-4-6-18(45)20(47)9-16/h2-11,22,25-26,29-31,33-35,38-49,51-53,55-57H,12-14H2,1H3/b7-3+/t22-,25+,26?,29?,30-,31-,33?,34+,35?,38?,39?,40-,41+,42+/m1/s1. The van der Waals surface area contributed by atoms with E-state index in [1.165, 1.54) is 37.5 Å². The number of carbonyl (C=O) groups is 1. The number of aromatic hydroxyl groups is 4. The average Bonchev–Trinajstić information content (AvgIpc) is 3.29. The molecule has 66 heavy (non-hydrogen) atoms. The molecular formula is C42H46O24. The van der Waals surface area contributed by atoms with Gasteiger partial charge in [0.25, 0.3) is 0 Å². The van der Waals surface area contributed by atoms with Crippen molar-refractivity contribution in [2.45, 2.75) is 86.0 Å². The van der Waals surface area contributed by atoms with Crippen molar-refractivity contribution in [3.8, 4) is 51.6 Å². The Morgan fingerprint density at radius 3 is 2.08 bits per heavy atom. The Labute approximate surface area is 371 Å². The van der Waals surface area contributed by atoms with Gasteiger partial charge >= 0.3 is 5.97 Å². The van der Waals surface area contributed by atoms with Gasteiger partial charge in [-0.1, -0.05) is 6.07 Å². The number of phenols is 4. The van der Waals surface area contributed by atoms with E-state index in [0.29, 0.717) is 5.56 Å². The van der Waals surface area contributed by atoms with Crippen LogP contribution in [0.4, 0.5) is 0 Å². The third kappa shape index (κ3) is 9.67. The molecule has 4 heterocycles. The van der Waals surface area contributed by atoms with Gasteiger partial charge in [-0.05, 0) is 42.0 Å². The van der Waals surface area contributed by atoms with Crippen LogP contribution in [0.15, 0.2) is 63.8 Å². The molecule has 13 N–H and O–H groups in total. The van der Waals surface area contributed by atoms with Gasteiger partial charge in [0.05, 0.1) is 26.9 Å². The van der Waals surface area contributed by atoms with E-state index in [1.54, 1.807) is 0 Å². The Balaban J connectivity index is 1.24. The van der Waals surface area contributed by atoms with E-state index in [4.69, 9.17) is 42.3 Å². The molecule has 0 aliphatic carbocycles. The van der Waals surface area contributed by atoms with Gasteiger partial charge in [0.15, 0.2) is 47.3 Å². The molecule has 3 aliphatic rings. The van der Waals surface area contributed by atoms with E-state index in [0.717, 1.165) is 30.3 Å². The summed E-state index contributed by atoms with van der Waals surface area (Å²) in [4.78, 5) is 27.5. The molecule has 3 aliphatic heterocycles. The van der Waals surface area contributed by atoms with Crippen molar-refractivity contribution in [3.05, 3.63) is 70.4 Å². The summed E-state index contributed by atoms with van der Waals surface area (Å²) in [6.07, 6.45) is -23.3. The lowest BCUT2D eigenvalue weighted by Crippen LogP contribution is -2.64. The Morgan fingerprint density at radius 2 is 1.39 bits per heavy atom. The first-order chi connectivity index (χ1) is 31.4. The molecule has 4 aromatic rings. The van der Waals surface area contributed by atoms with Gasteiger partial charge in [-0.15, -0.1) is 0 Å². The summed E-state index contributed by atoms with van der Waals surface area (Å²) >= 11 is 0. The summed E-state index contributed by atoms with van der Waals surface area (Å²) in [5, 5.41) is 135. The van der Waals surface area contributed by atoms with Crippen LogP contribution in [0.25, 0.3) is 28.4 Å². The molecular weight excluding hydrogens is 888 g/mol. The molecule has 6 unspecified atom stereocenters. The van der Waals surface area contributed by atoms with Crippen molar-refractivity contribution in [3.63, 3.8) is 0 Å². The summed E-state index contributed by atoms with van der Waals surface area (Å²) in [7, 11) is 1.31. The van der Waals surface area contributed by atoms with Crippen LogP contribution < -0.4 is 19.6 Å². The minimum atomic E-state index is -2.08. The second-order valence-corrected chi connectivity index (χ2v) is 15.3. The van der Waals surface area contributed by atoms with Crippen molar-refractivity contribution < 1.29 is 113 Å². The highest BCUT2D eigenvalue weighted by Crippen LogP contribution is 2.41. The summed E-state index contributed by atoms with van der Waals surface area (Å²) in [5.74, 6) is -5.11. The van der Waals surface area contributed by atoms with Gasteiger partial charge in [-0.3, -0.25) is 4.79 Å². The number of hydrogen-bond acceptors (Lipinski definition) is 24. The van der Waals surface area contributed by atoms with E-state index in [2.05, 4.69) is 0 Å². The lowest BCUT2D eigenvalue weighted by atomic mass is 9.98. The van der Waals surface area contributed by atoms with Crippen LogP contribution in [0.2, 0.25) is 0 Å². The number of phenolic OH excluding ortho intramolecular Hbond substituents is 4. The largest absolute Gasteiger partial charge is 0.507 e. The zero-order valence-electron chi connectivity index (χ0n) is 34.3. The van der Waals surface area contributed by atoms with Crippen molar-refractivity contribution in [2.75, 3.05) is 26.9 Å². The second-order valence-electron chi connectivity index (χ2n) is 15.3. The van der Waals surface area contributed by atoms with E-state index in [9.17, 15) is 76.0 Å². The average molecular weight is 935 g/mol. The summed E-state index contributed by atoms with van der Waals surface area (Å²) in [6, 6.07) is 9.18. The number of fused-ring (bicyclic) bond motifs is 1. The molecule has 358 valence electrons. The molecule has 0 saturated carbocycles. The Morgan fingerprint density at radius 1 is 0.712 bits per heavy atom. The predicted octanol–water partition coefficient (Wildman–Crippen LogP) is -2.62. The predicted molar refractivity (Wildman–Crippen MR) is 216 cm³/mol. The van der Waals surface area contributed by atoms with Crippen LogP contribution in [0.3, 0.4) is 0 Å². The molecule has 24 heteroatoms. The SMILES string of the molecule is COc1cc(/C=C/C(=O)OC2C(O)[C@H](O)CO[C@H]2OC2[C@H](Oc3c(-c4ccc(O)c(O)c4)oc4cc(O[C@@H]5O[C@@H](CO)[C@@H](O)C(O)C5O)cc(O)c4c3=O)OC(CO)[C@@H](O)[C@@H]2O)ccc1O. The topological polar surface area (TPSA) is 384 Å². The maximum Gasteiger partial charge on any atom is 0.331 e. The van der Waals surface area contributed by atoms with E-state index < -0.39 is 157 Å². The molecule has 14 atom stereocenters. The van der Waals surface area contributed by atoms with Crippen molar-refractivity contribution in [1.82, 2.24) is 0 Å². The first-order valence-corrected chi connectivity index (χ1v) is 20.0. The first-order valence-electron chi connectivity index (χ1n) is 20.0. The van der Waals surface area contributed by atoms with Crippen LogP contribution in [-0.2, 0) is 28.5 Å². The zero-order chi connectivity index (χ0) is 47.7. The fraction of sp³-hybridized carbons (Fsp3) is 0.429. The molecule has 0 radical (unpaired) electrons. The summed E-state index contributed by atoms with van der Waals surface area (Å²) < 4.78 is 50.8. The van der Waals surface area contributed by atoms with Gasteiger partial charge in [-0.25, -0.2) is 4.79 Å². The molecule has 1 aromatic heterocycles. The molecule has 24 nitrogen and oxygen atoms in total. The molecule has 0 spiro atoms. The van der Waals surface area contributed by atoms with Gasteiger partial charge in [0.1, 0.15) is 77.4 Å². The number of hydrogen-bond donors (Lipinski definition) is 13. The lowest BCUT2D eigenvalue weighted by molar-refractivity contribution is -0.345. The van der Waals surface area contributed by atoms with Crippen molar-refractivity contribution in [1.29, 1.82) is 0 Å². The fourth-order valence-electron chi connectivity index (χ4n) is 7.30. The van der Waals surface area contributed by atoms with Crippen LogP contribution >= 0.6 is 0 Å². The maximum atomic E-state index is 14.5. The first kappa shape index (κ1) is 48.1. The maximum absolute atomic E-state index is 14.5. The third-order valence-electron chi connectivity index (χ3n) is 10.9. The normalized spacial score (nSPS) is 31.4. The fourth-order valence-corrected chi connectivity index (χ4v) is 7.30. The van der Waals surface area contributed by atoms with Gasteiger partial charge < -0.3 is 109 Å². The molecule has 7 rings (SSSR count). The van der Waals surface area contributed by atoms with Gasteiger partial charge in [0, 0.05) is 23.8 Å². The number of rotatable bonds is 13. The van der Waals surface area contributed by atoms with E-state index >= 15 is 0 Å². The molecule has 0 amide bonds. The highest BCUT2D eigenvalue weighted by Gasteiger charge is 2.52. The number of carbonyl (C=O) groups excluding carboxylic acids is 1. The summed E-state index contributed by atoms with van der Waals surface area (Å²) in [6.45, 7) is -2.35. The molecule has 3 fully saturated rings. The van der Waals surface area contributed by atoms with Crippen LogP contribution in [0, 0.1) is 0 Å². The number of aliphatic hydroxyl groups is 9. The summed E-state index contributed by atoms with van der Waals surface area (Å²) in [5.41, 5.74) is -1.44. The molecule has 0 bridgehead atoms. The minimum absolute atomic E-state index is 0.0920. The Bertz CT molecular complexity index is 2460. The zero-order valence-corrected chi connectivity index (χ0v) is 34.3. The Kier molecular flexibility index (Phi) is 14.5. The number of ether oxygens (including phenoxy) is 8. The van der Waals surface area contributed by atoms with Crippen LogP contribution in [-0.4, -0.2) is 185 Å². The van der Waals surface area contributed by atoms with Crippen molar-refractivity contribution in [2.24, 2.45) is 0 Å². The Hall–Kier alpha value is -5.84. The van der Waals surface area contributed by atoms with Crippen LogP contribution in [0.1, 0.15) is 5.56 Å². The number of methoxy groups -OCH3 is 1. The highest BCUT2D eigenvalue weighted by atomic mass is 16.8. The minimum Gasteiger partial charge on any atom is -0.507 e. The molecule has 3 aromatic carbocycles. The molecule has 3 saturated heterocycles.